The fourth-order valence-corrected chi connectivity index (χ4v) is 2.07. The van der Waals surface area contributed by atoms with Crippen LogP contribution in [0.4, 0.5) is 0 Å². The maximum atomic E-state index is 6.13. The van der Waals surface area contributed by atoms with Crippen LogP contribution in [0.2, 0.25) is 0 Å². The van der Waals surface area contributed by atoms with Crippen molar-refractivity contribution in [3.05, 3.63) is 0 Å². The molecule has 2 unspecified atom stereocenters. The van der Waals surface area contributed by atoms with Gasteiger partial charge in [-0.3, -0.25) is 0 Å². The van der Waals surface area contributed by atoms with Crippen LogP contribution in [0.15, 0.2) is 0 Å². The second-order valence-corrected chi connectivity index (χ2v) is 7.87. The zero-order valence-corrected chi connectivity index (χ0v) is 14.8. The Labute approximate surface area is 122 Å². The Bertz CT molecular complexity index is 206. The SMILES string of the molecule is CCC(C)(C)CCC(C)OC(C)CCC(C)(C)CC. The van der Waals surface area contributed by atoms with Gasteiger partial charge in [-0.25, -0.2) is 0 Å². The van der Waals surface area contributed by atoms with Crippen molar-refractivity contribution in [2.45, 2.75) is 106 Å². The van der Waals surface area contributed by atoms with Gasteiger partial charge in [0.2, 0.25) is 0 Å². The van der Waals surface area contributed by atoms with E-state index in [1.165, 1.54) is 38.5 Å². The third-order valence-corrected chi connectivity index (χ3v) is 4.83. The van der Waals surface area contributed by atoms with Gasteiger partial charge in [-0.15, -0.1) is 0 Å². The van der Waals surface area contributed by atoms with E-state index in [-0.39, 0.29) is 0 Å². The third kappa shape index (κ3) is 9.49. The quantitative estimate of drug-likeness (QED) is 0.458. The Kier molecular flexibility index (Phi) is 8.27. The molecule has 116 valence electrons. The summed E-state index contributed by atoms with van der Waals surface area (Å²) in [7, 11) is 0. The van der Waals surface area contributed by atoms with E-state index in [2.05, 4.69) is 55.4 Å². The van der Waals surface area contributed by atoms with Crippen molar-refractivity contribution in [2.75, 3.05) is 0 Å². The van der Waals surface area contributed by atoms with E-state index in [0.29, 0.717) is 23.0 Å². The molecule has 0 saturated heterocycles. The molecular weight excluding hydrogens is 232 g/mol. The van der Waals surface area contributed by atoms with E-state index < -0.39 is 0 Å². The maximum Gasteiger partial charge on any atom is 0.0550 e. The average molecular weight is 271 g/mol. The third-order valence-electron chi connectivity index (χ3n) is 4.83. The summed E-state index contributed by atoms with van der Waals surface area (Å²) in [6.07, 6.45) is 8.18. The van der Waals surface area contributed by atoms with Gasteiger partial charge >= 0.3 is 0 Å². The van der Waals surface area contributed by atoms with Gasteiger partial charge in [0.05, 0.1) is 12.2 Å². The highest BCUT2D eigenvalue weighted by Crippen LogP contribution is 2.29. The summed E-state index contributed by atoms with van der Waals surface area (Å²) in [4.78, 5) is 0. The van der Waals surface area contributed by atoms with E-state index in [0.717, 1.165) is 0 Å². The maximum absolute atomic E-state index is 6.13. The van der Waals surface area contributed by atoms with Crippen LogP contribution >= 0.6 is 0 Å². The predicted molar refractivity (Wildman–Crippen MR) is 86.6 cm³/mol. The van der Waals surface area contributed by atoms with Crippen LogP contribution in [0.25, 0.3) is 0 Å². The lowest BCUT2D eigenvalue weighted by molar-refractivity contribution is -0.0110. The van der Waals surface area contributed by atoms with E-state index in [1.807, 2.05) is 0 Å². The van der Waals surface area contributed by atoms with Gasteiger partial charge in [0.1, 0.15) is 0 Å². The summed E-state index contributed by atoms with van der Waals surface area (Å²) < 4.78 is 6.13. The number of hydrogen-bond acceptors (Lipinski definition) is 1. The first-order valence-corrected chi connectivity index (χ1v) is 8.27. The molecule has 2 atom stereocenters. The molecule has 0 aromatic heterocycles. The first-order chi connectivity index (χ1) is 8.62. The highest BCUT2D eigenvalue weighted by molar-refractivity contribution is 4.70. The van der Waals surface area contributed by atoms with Crippen LogP contribution in [-0.4, -0.2) is 12.2 Å². The van der Waals surface area contributed by atoms with Crippen molar-refractivity contribution in [1.82, 2.24) is 0 Å². The van der Waals surface area contributed by atoms with Crippen molar-refractivity contribution in [1.29, 1.82) is 0 Å². The van der Waals surface area contributed by atoms with E-state index in [9.17, 15) is 0 Å². The van der Waals surface area contributed by atoms with Gasteiger partial charge in [0.15, 0.2) is 0 Å². The summed E-state index contributed by atoms with van der Waals surface area (Å²) in [6, 6.07) is 0. The second kappa shape index (κ2) is 8.29. The molecule has 0 heterocycles. The van der Waals surface area contributed by atoms with Crippen LogP contribution in [-0.2, 0) is 4.74 Å². The standard InChI is InChI=1S/C18H38O/c1-9-17(5,6)13-11-15(3)19-16(4)12-14-18(7,8)10-2/h15-16H,9-14H2,1-8H3. The molecule has 1 heteroatoms. The number of ether oxygens (including phenoxy) is 1. The van der Waals surface area contributed by atoms with Crippen LogP contribution < -0.4 is 0 Å². The van der Waals surface area contributed by atoms with Gasteiger partial charge in [-0.05, 0) is 50.4 Å². The highest BCUT2D eigenvalue weighted by Gasteiger charge is 2.19. The molecule has 0 fully saturated rings. The smallest absolute Gasteiger partial charge is 0.0550 e. The van der Waals surface area contributed by atoms with Crippen LogP contribution in [0.1, 0.15) is 93.9 Å². The van der Waals surface area contributed by atoms with Crippen LogP contribution in [0.5, 0.6) is 0 Å². The Morgan fingerprint density at radius 1 is 0.737 bits per heavy atom. The minimum atomic E-state index is 0.394. The summed E-state index contributed by atoms with van der Waals surface area (Å²) in [5.74, 6) is 0. The monoisotopic (exact) mass is 270 g/mol. The molecule has 0 amide bonds. The molecule has 1 nitrogen and oxygen atoms in total. The molecule has 0 saturated carbocycles. The molecule has 0 radical (unpaired) electrons. The van der Waals surface area contributed by atoms with Crippen molar-refractivity contribution in [3.63, 3.8) is 0 Å². The largest absolute Gasteiger partial charge is 0.376 e. The van der Waals surface area contributed by atoms with Crippen molar-refractivity contribution >= 4 is 0 Å². The lowest BCUT2D eigenvalue weighted by Gasteiger charge is -2.28. The number of hydrogen-bond donors (Lipinski definition) is 0. The summed E-state index contributed by atoms with van der Waals surface area (Å²) in [5, 5.41) is 0. The molecule has 0 spiro atoms. The van der Waals surface area contributed by atoms with Gasteiger partial charge in [-0.1, -0.05) is 54.4 Å². The van der Waals surface area contributed by atoms with Crippen molar-refractivity contribution in [3.8, 4) is 0 Å². The van der Waals surface area contributed by atoms with E-state index in [4.69, 9.17) is 4.74 Å². The molecular formula is C18H38O. The van der Waals surface area contributed by atoms with E-state index in [1.54, 1.807) is 0 Å². The molecule has 0 aliphatic heterocycles. The van der Waals surface area contributed by atoms with Crippen molar-refractivity contribution < 1.29 is 4.74 Å². The molecule has 0 bridgehead atoms. The van der Waals surface area contributed by atoms with Crippen molar-refractivity contribution in [2.24, 2.45) is 10.8 Å². The zero-order valence-electron chi connectivity index (χ0n) is 14.8. The summed E-state index contributed by atoms with van der Waals surface area (Å²) >= 11 is 0. The van der Waals surface area contributed by atoms with Gasteiger partial charge in [0, 0.05) is 0 Å². The molecule has 0 aliphatic carbocycles. The Morgan fingerprint density at radius 2 is 1.05 bits per heavy atom. The molecule has 0 aromatic carbocycles. The fraction of sp³-hybridized carbons (Fsp3) is 1.00. The molecule has 0 aromatic rings. The minimum Gasteiger partial charge on any atom is -0.376 e. The Balaban J connectivity index is 3.90. The molecule has 0 rings (SSSR count). The highest BCUT2D eigenvalue weighted by atomic mass is 16.5. The van der Waals surface area contributed by atoms with Crippen LogP contribution in [0.3, 0.4) is 0 Å². The predicted octanol–water partition coefficient (Wildman–Crippen LogP) is 6.21. The van der Waals surface area contributed by atoms with Gasteiger partial charge in [-0.2, -0.15) is 0 Å². The van der Waals surface area contributed by atoms with Crippen LogP contribution in [0, 0.1) is 10.8 Å². The lowest BCUT2D eigenvalue weighted by atomic mass is 9.84. The molecule has 19 heavy (non-hydrogen) atoms. The van der Waals surface area contributed by atoms with Gasteiger partial charge < -0.3 is 4.74 Å². The fourth-order valence-electron chi connectivity index (χ4n) is 2.07. The summed E-state index contributed by atoms with van der Waals surface area (Å²) in [6.45, 7) is 18.4. The second-order valence-electron chi connectivity index (χ2n) is 7.87. The Hall–Kier alpha value is -0.0400. The topological polar surface area (TPSA) is 9.23 Å². The molecule has 0 aliphatic rings. The van der Waals surface area contributed by atoms with Gasteiger partial charge in [0.25, 0.3) is 0 Å². The normalized spacial score (nSPS) is 16.4. The first kappa shape index (κ1) is 19.0. The average Bonchev–Trinajstić information content (AvgIpc) is 2.34. The lowest BCUT2D eigenvalue weighted by Crippen LogP contribution is -2.22. The molecule has 0 N–H and O–H groups in total. The first-order valence-electron chi connectivity index (χ1n) is 8.27. The minimum absolute atomic E-state index is 0.394. The summed E-state index contributed by atoms with van der Waals surface area (Å²) in [5.41, 5.74) is 0.927. The zero-order chi connectivity index (χ0) is 15.1. The van der Waals surface area contributed by atoms with E-state index >= 15 is 0 Å². The Morgan fingerprint density at radius 3 is 1.32 bits per heavy atom. The number of rotatable bonds is 10.